The molecule has 0 radical (unpaired) electrons. The second-order valence-corrected chi connectivity index (χ2v) is 8.86. The molecule has 0 unspecified atom stereocenters. The number of carbonyl (C=O) groups is 2. The Balaban J connectivity index is 1.82. The van der Waals surface area contributed by atoms with E-state index in [4.69, 9.17) is 4.74 Å². The smallest absolute Gasteiger partial charge is 0.282 e. The van der Waals surface area contributed by atoms with E-state index in [0.717, 1.165) is 39.9 Å². The number of carbonyl (C=O) groups excluding carboxylic acids is 2. The van der Waals surface area contributed by atoms with E-state index in [1.807, 2.05) is 71.0 Å². The third-order valence-corrected chi connectivity index (χ3v) is 5.77. The van der Waals surface area contributed by atoms with Gasteiger partial charge in [-0.25, -0.2) is 4.90 Å². The number of nitrogens with zero attached hydrogens (tertiary/aromatic N) is 1. The molecule has 0 spiro atoms. The number of anilines is 2. The first-order valence-electron chi connectivity index (χ1n) is 11.6. The molecule has 0 fully saturated rings. The SMILES string of the molecule is CCCOc1cccc(N2C(=O)C(Nc3cc(C)cc(C)c3)=C(c3ccc(C)cc3C)C2=O)c1. The van der Waals surface area contributed by atoms with Crippen LogP contribution in [0.1, 0.15) is 41.2 Å². The standard InChI is InChI=1S/C29H30N2O3/c1-6-12-34-24-9-7-8-23(17-24)31-28(32)26(25-11-10-18(2)14-21(25)5)27(29(31)33)30-22-15-19(3)13-20(4)16-22/h7-11,13-17,30H,6,12H2,1-5H3. The molecule has 0 bridgehead atoms. The van der Waals surface area contributed by atoms with E-state index in [-0.39, 0.29) is 17.5 Å². The van der Waals surface area contributed by atoms with Crippen LogP contribution in [0.2, 0.25) is 0 Å². The third-order valence-electron chi connectivity index (χ3n) is 5.77. The van der Waals surface area contributed by atoms with Crippen LogP contribution in [0, 0.1) is 27.7 Å². The Morgan fingerprint density at radius 2 is 1.56 bits per heavy atom. The molecule has 3 aromatic rings. The van der Waals surface area contributed by atoms with Gasteiger partial charge in [-0.3, -0.25) is 9.59 Å². The molecule has 1 heterocycles. The lowest BCUT2D eigenvalue weighted by Crippen LogP contribution is -2.32. The lowest BCUT2D eigenvalue weighted by molar-refractivity contribution is -0.120. The fourth-order valence-electron chi connectivity index (χ4n) is 4.35. The van der Waals surface area contributed by atoms with Crippen molar-refractivity contribution in [2.75, 3.05) is 16.8 Å². The van der Waals surface area contributed by atoms with Crippen molar-refractivity contribution in [3.05, 3.63) is 94.2 Å². The number of aryl methyl sites for hydroxylation is 4. The van der Waals surface area contributed by atoms with Crippen molar-refractivity contribution in [1.29, 1.82) is 0 Å². The first kappa shape index (κ1) is 23.3. The molecule has 0 saturated carbocycles. The Labute approximate surface area is 201 Å². The van der Waals surface area contributed by atoms with Crippen LogP contribution in [0.25, 0.3) is 5.57 Å². The van der Waals surface area contributed by atoms with Gasteiger partial charge in [0.25, 0.3) is 11.8 Å². The first-order chi connectivity index (χ1) is 16.3. The van der Waals surface area contributed by atoms with Crippen LogP contribution in [-0.2, 0) is 9.59 Å². The molecule has 1 aliphatic heterocycles. The zero-order chi connectivity index (χ0) is 24.4. The summed E-state index contributed by atoms with van der Waals surface area (Å²) in [5.41, 5.74) is 6.86. The second-order valence-electron chi connectivity index (χ2n) is 8.86. The third kappa shape index (κ3) is 4.60. The van der Waals surface area contributed by atoms with Crippen LogP contribution in [-0.4, -0.2) is 18.4 Å². The Morgan fingerprint density at radius 1 is 0.824 bits per heavy atom. The molecule has 34 heavy (non-hydrogen) atoms. The zero-order valence-electron chi connectivity index (χ0n) is 20.4. The van der Waals surface area contributed by atoms with Gasteiger partial charge >= 0.3 is 0 Å². The summed E-state index contributed by atoms with van der Waals surface area (Å²) in [5.74, 6) is -0.105. The van der Waals surface area contributed by atoms with E-state index in [9.17, 15) is 9.59 Å². The van der Waals surface area contributed by atoms with Gasteiger partial charge in [-0.1, -0.05) is 42.8 Å². The number of rotatable bonds is 7. The van der Waals surface area contributed by atoms with Crippen LogP contribution in [0.4, 0.5) is 11.4 Å². The summed E-state index contributed by atoms with van der Waals surface area (Å²) in [6, 6.07) is 19.0. The fraction of sp³-hybridized carbons (Fsp3) is 0.241. The van der Waals surface area contributed by atoms with E-state index in [1.165, 1.54) is 4.90 Å². The molecular formula is C29H30N2O3. The number of imide groups is 1. The number of amides is 2. The maximum absolute atomic E-state index is 13.8. The molecule has 0 aliphatic carbocycles. The fourth-order valence-corrected chi connectivity index (χ4v) is 4.35. The average molecular weight is 455 g/mol. The van der Waals surface area contributed by atoms with Gasteiger partial charge in [-0.2, -0.15) is 0 Å². The molecule has 3 aromatic carbocycles. The van der Waals surface area contributed by atoms with E-state index in [2.05, 4.69) is 11.4 Å². The summed E-state index contributed by atoms with van der Waals surface area (Å²) in [6.45, 7) is 10.6. The van der Waals surface area contributed by atoms with Gasteiger partial charge in [0.15, 0.2) is 0 Å². The van der Waals surface area contributed by atoms with Crippen LogP contribution < -0.4 is 15.0 Å². The lowest BCUT2D eigenvalue weighted by Gasteiger charge is -2.17. The highest BCUT2D eigenvalue weighted by molar-refractivity contribution is 6.46. The largest absolute Gasteiger partial charge is 0.494 e. The minimum atomic E-state index is -0.383. The molecule has 4 rings (SSSR count). The van der Waals surface area contributed by atoms with Crippen molar-refractivity contribution < 1.29 is 14.3 Å². The van der Waals surface area contributed by atoms with Crippen molar-refractivity contribution in [2.24, 2.45) is 0 Å². The maximum Gasteiger partial charge on any atom is 0.282 e. The summed E-state index contributed by atoms with van der Waals surface area (Å²) >= 11 is 0. The summed E-state index contributed by atoms with van der Waals surface area (Å²) in [5, 5.41) is 3.28. The number of ether oxygens (including phenoxy) is 1. The summed E-state index contributed by atoms with van der Waals surface area (Å²) in [6.07, 6.45) is 0.869. The summed E-state index contributed by atoms with van der Waals surface area (Å²) < 4.78 is 5.74. The van der Waals surface area contributed by atoms with E-state index < -0.39 is 0 Å². The number of hydrogen-bond acceptors (Lipinski definition) is 4. The molecule has 5 nitrogen and oxygen atoms in total. The minimum Gasteiger partial charge on any atom is -0.494 e. The highest BCUT2D eigenvalue weighted by Crippen LogP contribution is 2.36. The normalized spacial score (nSPS) is 13.6. The number of hydrogen-bond donors (Lipinski definition) is 1. The molecule has 0 aromatic heterocycles. The summed E-state index contributed by atoms with van der Waals surface area (Å²) in [7, 11) is 0. The molecule has 2 amide bonds. The lowest BCUT2D eigenvalue weighted by atomic mass is 9.97. The monoisotopic (exact) mass is 454 g/mol. The van der Waals surface area contributed by atoms with Crippen molar-refractivity contribution in [3.63, 3.8) is 0 Å². The van der Waals surface area contributed by atoms with Crippen LogP contribution in [0.3, 0.4) is 0 Å². The first-order valence-corrected chi connectivity index (χ1v) is 11.6. The molecule has 0 saturated heterocycles. The van der Waals surface area contributed by atoms with Crippen molar-refractivity contribution in [1.82, 2.24) is 0 Å². The molecule has 1 N–H and O–H groups in total. The molecule has 0 atom stereocenters. The predicted molar refractivity (Wildman–Crippen MR) is 137 cm³/mol. The van der Waals surface area contributed by atoms with E-state index in [1.54, 1.807) is 18.2 Å². The van der Waals surface area contributed by atoms with Gasteiger partial charge in [0.2, 0.25) is 0 Å². The Bertz CT molecular complexity index is 1290. The predicted octanol–water partition coefficient (Wildman–Crippen LogP) is 6.11. The average Bonchev–Trinajstić information content (AvgIpc) is 3.01. The molecule has 5 heteroatoms. The van der Waals surface area contributed by atoms with Gasteiger partial charge in [0.1, 0.15) is 11.4 Å². The number of benzene rings is 3. The van der Waals surface area contributed by atoms with Crippen molar-refractivity contribution in [2.45, 2.75) is 41.0 Å². The number of nitrogens with one attached hydrogen (secondary N) is 1. The summed E-state index contributed by atoms with van der Waals surface area (Å²) in [4.78, 5) is 28.7. The van der Waals surface area contributed by atoms with Crippen LogP contribution >= 0.6 is 0 Å². The minimum absolute atomic E-state index is 0.279. The van der Waals surface area contributed by atoms with Gasteiger partial charge in [-0.15, -0.1) is 0 Å². The molecule has 174 valence electrons. The Kier molecular flexibility index (Phi) is 6.55. The van der Waals surface area contributed by atoms with E-state index >= 15 is 0 Å². The topological polar surface area (TPSA) is 58.6 Å². The van der Waals surface area contributed by atoms with Gasteiger partial charge < -0.3 is 10.1 Å². The second kappa shape index (κ2) is 9.56. The highest BCUT2D eigenvalue weighted by atomic mass is 16.5. The Morgan fingerprint density at radius 3 is 2.24 bits per heavy atom. The molecular weight excluding hydrogens is 424 g/mol. The van der Waals surface area contributed by atoms with Gasteiger partial charge in [0.05, 0.1) is 17.9 Å². The quantitative estimate of drug-likeness (QED) is 0.438. The maximum atomic E-state index is 13.8. The van der Waals surface area contributed by atoms with E-state index in [0.29, 0.717) is 23.6 Å². The Hall–Kier alpha value is -3.86. The van der Waals surface area contributed by atoms with Crippen LogP contribution in [0.5, 0.6) is 5.75 Å². The van der Waals surface area contributed by atoms with Crippen molar-refractivity contribution >= 4 is 28.8 Å². The van der Waals surface area contributed by atoms with Gasteiger partial charge in [0, 0.05) is 11.8 Å². The molecule has 1 aliphatic rings. The van der Waals surface area contributed by atoms with Crippen molar-refractivity contribution in [3.8, 4) is 5.75 Å². The zero-order valence-corrected chi connectivity index (χ0v) is 20.4. The van der Waals surface area contributed by atoms with Gasteiger partial charge in [-0.05, 0) is 80.6 Å². The van der Waals surface area contributed by atoms with Crippen LogP contribution in [0.15, 0.2) is 66.4 Å². The highest BCUT2D eigenvalue weighted by Gasteiger charge is 2.41.